The van der Waals surface area contributed by atoms with E-state index in [0.717, 1.165) is 12.1 Å². The Bertz CT molecular complexity index is 1270. The monoisotopic (exact) mass is 478 g/mol. The lowest BCUT2D eigenvalue weighted by atomic mass is 9.99. The number of phenols is 3. The van der Waals surface area contributed by atoms with Gasteiger partial charge in [0.25, 0.3) is 0 Å². The van der Waals surface area contributed by atoms with Crippen molar-refractivity contribution in [2.75, 3.05) is 13.7 Å². The van der Waals surface area contributed by atoms with Gasteiger partial charge in [-0.15, -0.1) is 0 Å². The molecule has 4 rings (SSSR count). The van der Waals surface area contributed by atoms with Crippen molar-refractivity contribution in [3.63, 3.8) is 0 Å². The van der Waals surface area contributed by atoms with Crippen LogP contribution >= 0.6 is 0 Å². The molecule has 182 valence electrons. The van der Waals surface area contributed by atoms with Crippen molar-refractivity contribution in [3.05, 3.63) is 40.6 Å². The number of ether oxygens (including phenoxy) is 3. The first kappa shape index (κ1) is 23.6. The summed E-state index contributed by atoms with van der Waals surface area (Å²) in [4.78, 5) is 13.0. The van der Waals surface area contributed by atoms with Gasteiger partial charge < -0.3 is 54.4 Å². The van der Waals surface area contributed by atoms with Crippen molar-refractivity contribution in [3.8, 4) is 40.1 Å². The van der Waals surface area contributed by atoms with E-state index in [9.17, 15) is 40.5 Å². The Morgan fingerprint density at radius 3 is 2.32 bits per heavy atom. The number of hydrogen-bond donors (Lipinski definition) is 7. The van der Waals surface area contributed by atoms with Crippen LogP contribution in [-0.4, -0.2) is 80.2 Å². The molecule has 0 bridgehead atoms. The first-order valence-corrected chi connectivity index (χ1v) is 10.0. The van der Waals surface area contributed by atoms with Crippen molar-refractivity contribution in [1.29, 1.82) is 0 Å². The molecule has 12 nitrogen and oxygen atoms in total. The van der Waals surface area contributed by atoms with Crippen molar-refractivity contribution in [1.82, 2.24) is 0 Å². The van der Waals surface area contributed by atoms with Gasteiger partial charge in [-0.05, 0) is 18.2 Å². The summed E-state index contributed by atoms with van der Waals surface area (Å²) < 4.78 is 21.7. The van der Waals surface area contributed by atoms with E-state index < -0.39 is 60.0 Å². The van der Waals surface area contributed by atoms with E-state index in [1.54, 1.807) is 0 Å². The van der Waals surface area contributed by atoms with Crippen molar-refractivity contribution >= 4 is 11.0 Å². The summed E-state index contributed by atoms with van der Waals surface area (Å²) in [6, 6.07) is 5.96. The highest BCUT2D eigenvalue weighted by molar-refractivity contribution is 5.88. The van der Waals surface area contributed by atoms with E-state index in [-0.39, 0.29) is 33.8 Å². The van der Waals surface area contributed by atoms with Crippen molar-refractivity contribution < 1.29 is 54.4 Å². The van der Waals surface area contributed by atoms with Crippen LogP contribution in [0.5, 0.6) is 28.7 Å². The zero-order valence-corrected chi connectivity index (χ0v) is 17.7. The molecule has 1 aromatic heterocycles. The molecule has 3 aromatic rings. The fourth-order valence-corrected chi connectivity index (χ4v) is 3.66. The van der Waals surface area contributed by atoms with Gasteiger partial charge in [0, 0.05) is 17.7 Å². The largest absolute Gasteiger partial charge is 0.507 e. The summed E-state index contributed by atoms with van der Waals surface area (Å²) in [6.07, 6.45) is -7.71. The zero-order chi connectivity index (χ0) is 24.7. The Morgan fingerprint density at radius 2 is 1.68 bits per heavy atom. The lowest BCUT2D eigenvalue weighted by Crippen LogP contribution is -2.60. The third-order valence-electron chi connectivity index (χ3n) is 5.45. The molecule has 0 amide bonds. The van der Waals surface area contributed by atoms with Gasteiger partial charge in [0.05, 0.1) is 13.7 Å². The van der Waals surface area contributed by atoms with Gasteiger partial charge in [0.1, 0.15) is 46.9 Å². The normalized spacial score (nSPS) is 24.8. The van der Waals surface area contributed by atoms with Crippen LogP contribution in [0.4, 0.5) is 0 Å². The molecule has 0 spiro atoms. The van der Waals surface area contributed by atoms with Gasteiger partial charge in [-0.3, -0.25) is 4.79 Å². The van der Waals surface area contributed by atoms with Crippen LogP contribution in [0.25, 0.3) is 22.3 Å². The predicted molar refractivity (Wildman–Crippen MR) is 114 cm³/mol. The Kier molecular flexibility index (Phi) is 6.25. The van der Waals surface area contributed by atoms with Crippen LogP contribution in [0.2, 0.25) is 0 Å². The maximum Gasteiger partial charge on any atom is 0.239 e. The van der Waals surface area contributed by atoms with Crippen LogP contribution in [-0.2, 0) is 4.74 Å². The molecule has 2 aromatic carbocycles. The molecule has 5 atom stereocenters. The van der Waals surface area contributed by atoms with Gasteiger partial charge in [-0.25, -0.2) is 0 Å². The van der Waals surface area contributed by atoms with Gasteiger partial charge in [0.15, 0.2) is 17.3 Å². The van der Waals surface area contributed by atoms with Crippen LogP contribution in [0.15, 0.2) is 39.5 Å². The summed E-state index contributed by atoms with van der Waals surface area (Å²) in [7, 11) is 1.22. The molecule has 0 radical (unpaired) electrons. The molecule has 12 heteroatoms. The molecule has 2 heterocycles. The molecule has 2 unspecified atom stereocenters. The van der Waals surface area contributed by atoms with Crippen molar-refractivity contribution in [2.45, 2.75) is 30.7 Å². The number of aliphatic hydroxyl groups excluding tert-OH is 4. The third-order valence-corrected chi connectivity index (χ3v) is 5.45. The smallest absolute Gasteiger partial charge is 0.239 e. The molecule has 34 heavy (non-hydrogen) atoms. The minimum absolute atomic E-state index is 0.111. The summed E-state index contributed by atoms with van der Waals surface area (Å²) in [5.41, 5.74) is -0.706. The standard InChI is InChI=1S/C22H22O12/c1-31-21-17(28)15-12(26)5-9(32-22-19(30)18(29)16(27)14(7-23)34-22)6-13(15)33-20(21)8-2-3-10(24)11(25)4-8/h2-6,14,16,18-19,22-27,29-30H,7H2,1H3/t14?,16-,18?,19+,22-/m1/s1. The predicted octanol–water partition coefficient (Wildman–Crippen LogP) is -0.236. The quantitative estimate of drug-likeness (QED) is 0.238. The van der Waals surface area contributed by atoms with Crippen LogP contribution in [0, 0.1) is 0 Å². The molecule has 0 aliphatic carbocycles. The number of methoxy groups -OCH3 is 1. The minimum Gasteiger partial charge on any atom is -0.507 e. The minimum atomic E-state index is -1.70. The summed E-state index contributed by atoms with van der Waals surface area (Å²) in [5.74, 6) is -1.93. The van der Waals surface area contributed by atoms with Gasteiger partial charge >= 0.3 is 0 Å². The number of aliphatic hydroxyl groups is 4. The second-order valence-electron chi connectivity index (χ2n) is 7.63. The van der Waals surface area contributed by atoms with E-state index in [1.807, 2.05) is 0 Å². The highest BCUT2D eigenvalue weighted by Gasteiger charge is 2.44. The summed E-state index contributed by atoms with van der Waals surface area (Å²) >= 11 is 0. The van der Waals surface area contributed by atoms with Gasteiger partial charge in [-0.1, -0.05) is 0 Å². The first-order chi connectivity index (χ1) is 16.2. The molecular formula is C22H22O12. The highest BCUT2D eigenvalue weighted by atomic mass is 16.7. The fourth-order valence-electron chi connectivity index (χ4n) is 3.66. The average molecular weight is 478 g/mol. The van der Waals surface area contributed by atoms with Crippen LogP contribution in [0.1, 0.15) is 0 Å². The van der Waals surface area contributed by atoms with Gasteiger partial charge in [-0.2, -0.15) is 0 Å². The molecule has 1 saturated heterocycles. The zero-order valence-electron chi connectivity index (χ0n) is 17.7. The summed E-state index contributed by atoms with van der Waals surface area (Å²) in [6.45, 7) is -0.661. The molecule has 7 N–H and O–H groups in total. The van der Waals surface area contributed by atoms with E-state index >= 15 is 0 Å². The van der Waals surface area contributed by atoms with Crippen LogP contribution < -0.4 is 14.9 Å². The van der Waals surface area contributed by atoms with E-state index in [4.69, 9.17) is 18.6 Å². The maximum atomic E-state index is 13.0. The first-order valence-electron chi connectivity index (χ1n) is 10.0. The number of hydrogen-bond acceptors (Lipinski definition) is 12. The molecular weight excluding hydrogens is 456 g/mol. The lowest BCUT2D eigenvalue weighted by molar-refractivity contribution is -0.277. The Morgan fingerprint density at radius 1 is 0.941 bits per heavy atom. The van der Waals surface area contributed by atoms with Crippen LogP contribution in [0.3, 0.4) is 0 Å². The number of fused-ring (bicyclic) bond motifs is 1. The Balaban J connectivity index is 1.79. The SMILES string of the molecule is COc1c(-c2ccc(O)c(O)c2)oc2cc(O[C@@H]3OC(CO)[C@@H](O)C(O)[C@@H]3O)cc(O)c2c1=O. The van der Waals surface area contributed by atoms with E-state index in [0.29, 0.717) is 0 Å². The summed E-state index contributed by atoms with van der Waals surface area (Å²) in [5, 5.41) is 69.0. The number of aromatic hydroxyl groups is 3. The number of benzene rings is 2. The second-order valence-corrected chi connectivity index (χ2v) is 7.63. The highest BCUT2D eigenvalue weighted by Crippen LogP contribution is 2.38. The lowest BCUT2D eigenvalue weighted by Gasteiger charge is -2.39. The number of phenolic OH excluding ortho intramolecular Hbond substituents is 3. The Hall–Kier alpha value is -3.55. The molecule has 1 aliphatic heterocycles. The Labute approximate surface area is 191 Å². The molecule has 0 saturated carbocycles. The number of rotatable bonds is 5. The van der Waals surface area contributed by atoms with Gasteiger partial charge in [0.2, 0.25) is 17.5 Å². The second kappa shape index (κ2) is 9.00. The van der Waals surface area contributed by atoms with E-state index in [1.165, 1.54) is 25.3 Å². The maximum absolute atomic E-state index is 13.0. The average Bonchev–Trinajstić information content (AvgIpc) is 2.80. The topological polar surface area (TPSA) is 200 Å². The molecule has 1 aliphatic rings. The fraction of sp³-hybridized carbons (Fsp3) is 0.318. The molecule has 1 fully saturated rings. The third kappa shape index (κ3) is 3.97. The van der Waals surface area contributed by atoms with Crippen molar-refractivity contribution in [2.24, 2.45) is 0 Å². The van der Waals surface area contributed by atoms with E-state index in [2.05, 4.69) is 0 Å².